The number of carbonyl (C=O) groups excluding carboxylic acids is 2. The van der Waals surface area contributed by atoms with E-state index in [-0.39, 0.29) is 60.0 Å². The Kier molecular flexibility index (Phi) is 8.24. The van der Waals surface area contributed by atoms with E-state index in [0.717, 1.165) is 5.56 Å². The topological polar surface area (TPSA) is 104 Å². The molecule has 0 saturated carbocycles. The molecule has 8 nitrogen and oxygen atoms in total. The number of carbonyl (C=O) groups is 3. The lowest BCUT2D eigenvalue weighted by molar-refractivity contribution is -0.148. The number of carboxylic acids is 1. The number of aliphatic carboxylic acids is 1. The summed E-state index contributed by atoms with van der Waals surface area (Å²) in [5.74, 6) is -2.92. The van der Waals surface area contributed by atoms with Gasteiger partial charge in [-0.2, -0.15) is 0 Å². The van der Waals surface area contributed by atoms with Crippen LogP contribution < -0.4 is 0 Å². The average Bonchev–Trinajstić information content (AvgIpc) is 3.30. The maximum absolute atomic E-state index is 14.2. The first-order valence-electron chi connectivity index (χ1n) is 13.7. The fourth-order valence-electron chi connectivity index (χ4n) is 5.29. The van der Waals surface area contributed by atoms with E-state index in [1.54, 1.807) is 35.8 Å². The molecule has 3 heterocycles. The lowest BCUT2D eigenvalue weighted by Crippen LogP contribution is -2.62. The van der Waals surface area contributed by atoms with Crippen LogP contribution in [0.5, 0.6) is 0 Å². The Hall–Kier alpha value is -3.46. The fourth-order valence-corrected chi connectivity index (χ4v) is 5.41. The van der Waals surface area contributed by atoms with E-state index in [9.17, 15) is 23.9 Å². The summed E-state index contributed by atoms with van der Waals surface area (Å²) in [6, 6.07) is 7.96. The lowest BCUT2D eigenvalue weighted by atomic mass is 9.86. The van der Waals surface area contributed by atoms with Crippen LogP contribution in [0.15, 0.2) is 34.7 Å². The maximum Gasteiger partial charge on any atom is 0.307 e. The Morgan fingerprint density at radius 1 is 1.15 bits per heavy atom. The molecule has 0 radical (unpaired) electrons. The second kappa shape index (κ2) is 11.1. The molecular weight excluding hydrogens is 549 g/mol. The molecule has 220 valence electrons. The summed E-state index contributed by atoms with van der Waals surface area (Å²) in [5, 5.41) is 9.53. The number of amides is 2. The van der Waals surface area contributed by atoms with Crippen LogP contribution in [0.25, 0.3) is 22.4 Å². The van der Waals surface area contributed by atoms with Gasteiger partial charge in [0.05, 0.1) is 22.2 Å². The molecule has 1 aliphatic rings. The van der Waals surface area contributed by atoms with Crippen molar-refractivity contribution in [1.82, 2.24) is 14.8 Å². The molecule has 0 aliphatic carbocycles. The molecule has 0 unspecified atom stereocenters. The van der Waals surface area contributed by atoms with E-state index in [1.807, 2.05) is 40.7 Å². The van der Waals surface area contributed by atoms with E-state index >= 15 is 0 Å². The standard InChI is InChI=1S/C31H37ClFN3O5/c1-17(2)19(29(39)40)13-26(37)35-10-11-36(31(6,7)16-35)28(38)25-15-24-27(41-25)20(30(3,4)5)14-23(34-24)18-8-9-21(32)22(33)12-18/h8-9,12,14-15,17,19H,10-11,13,16H2,1-7H3,(H,39,40)/t19-/m0/s1. The summed E-state index contributed by atoms with van der Waals surface area (Å²) in [6.07, 6.45) is -0.0816. The average molecular weight is 586 g/mol. The number of benzene rings is 1. The second-order valence-electron chi connectivity index (χ2n) is 12.7. The largest absolute Gasteiger partial charge is 0.481 e. The minimum absolute atomic E-state index is 0.0214. The first-order chi connectivity index (χ1) is 19.0. The number of carboxylic acid groups (broad SMARTS) is 1. The van der Waals surface area contributed by atoms with Crippen LogP contribution in [0.3, 0.4) is 0 Å². The second-order valence-corrected chi connectivity index (χ2v) is 13.1. The number of pyridine rings is 1. The number of hydrogen-bond donors (Lipinski definition) is 1. The van der Waals surface area contributed by atoms with Crippen molar-refractivity contribution >= 4 is 40.5 Å². The molecule has 1 atom stereocenters. The highest BCUT2D eigenvalue weighted by Crippen LogP contribution is 2.36. The van der Waals surface area contributed by atoms with Crippen molar-refractivity contribution in [3.05, 3.63) is 52.5 Å². The Morgan fingerprint density at radius 3 is 2.39 bits per heavy atom. The van der Waals surface area contributed by atoms with Crippen molar-refractivity contribution in [2.45, 2.75) is 65.8 Å². The normalized spacial score (nSPS) is 16.3. The molecule has 4 rings (SSSR count). The molecule has 2 aromatic heterocycles. The van der Waals surface area contributed by atoms with Crippen molar-refractivity contribution < 1.29 is 28.3 Å². The van der Waals surface area contributed by atoms with Crippen molar-refractivity contribution in [2.75, 3.05) is 19.6 Å². The minimum atomic E-state index is -0.987. The van der Waals surface area contributed by atoms with Gasteiger partial charge < -0.3 is 19.3 Å². The van der Waals surface area contributed by atoms with Crippen molar-refractivity contribution in [3.63, 3.8) is 0 Å². The third-order valence-corrected chi connectivity index (χ3v) is 8.04. The van der Waals surface area contributed by atoms with Gasteiger partial charge in [0, 0.05) is 43.2 Å². The van der Waals surface area contributed by atoms with Gasteiger partial charge in [-0.25, -0.2) is 9.37 Å². The van der Waals surface area contributed by atoms with Crippen LogP contribution in [0.1, 0.15) is 71.0 Å². The highest BCUT2D eigenvalue weighted by atomic mass is 35.5. The maximum atomic E-state index is 14.2. The first kappa shape index (κ1) is 30.5. The molecule has 1 fully saturated rings. The van der Waals surface area contributed by atoms with E-state index in [1.165, 1.54) is 12.1 Å². The van der Waals surface area contributed by atoms with Gasteiger partial charge in [0.15, 0.2) is 11.3 Å². The molecule has 1 aromatic carbocycles. The highest BCUT2D eigenvalue weighted by Gasteiger charge is 2.41. The van der Waals surface area contributed by atoms with Crippen LogP contribution >= 0.6 is 11.6 Å². The number of rotatable bonds is 6. The van der Waals surface area contributed by atoms with Gasteiger partial charge in [-0.3, -0.25) is 14.4 Å². The number of aromatic nitrogens is 1. The van der Waals surface area contributed by atoms with Crippen molar-refractivity contribution in [1.29, 1.82) is 0 Å². The monoisotopic (exact) mass is 585 g/mol. The van der Waals surface area contributed by atoms with Gasteiger partial charge in [0.25, 0.3) is 5.91 Å². The smallest absolute Gasteiger partial charge is 0.307 e. The zero-order valence-electron chi connectivity index (χ0n) is 24.5. The van der Waals surface area contributed by atoms with E-state index < -0.39 is 23.2 Å². The molecular formula is C31H37ClFN3O5. The number of nitrogens with zero attached hydrogens (tertiary/aromatic N) is 3. The van der Waals surface area contributed by atoms with E-state index in [2.05, 4.69) is 0 Å². The quantitative estimate of drug-likeness (QED) is 0.359. The number of furan rings is 1. The summed E-state index contributed by atoms with van der Waals surface area (Å²) in [7, 11) is 0. The van der Waals surface area contributed by atoms with Crippen molar-refractivity contribution in [2.24, 2.45) is 11.8 Å². The Labute approximate surface area is 244 Å². The minimum Gasteiger partial charge on any atom is -0.481 e. The molecule has 1 aliphatic heterocycles. The van der Waals surface area contributed by atoms with Crippen LogP contribution in [0.4, 0.5) is 4.39 Å². The number of fused-ring (bicyclic) bond motifs is 1. The van der Waals surface area contributed by atoms with Crippen molar-refractivity contribution in [3.8, 4) is 11.3 Å². The SMILES string of the molecule is CC(C)[C@H](CC(=O)N1CCN(C(=O)c2cc3nc(-c4ccc(Cl)c(F)c4)cc(C(C)(C)C)c3o2)C(C)(C)C1)C(=O)O. The molecule has 41 heavy (non-hydrogen) atoms. The van der Waals surface area contributed by atoms with Crippen LogP contribution in [0, 0.1) is 17.7 Å². The highest BCUT2D eigenvalue weighted by molar-refractivity contribution is 6.30. The van der Waals surface area contributed by atoms with Gasteiger partial charge >= 0.3 is 5.97 Å². The van der Waals surface area contributed by atoms with Gasteiger partial charge in [-0.1, -0.05) is 52.3 Å². The molecule has 2 amide bonds. The molecule has 0 spiro atoms. The summed E-state index contributed by atoms with van der Waals surface area (Å²) in [5.41, 5.74) is 1.77. The fraction of sp³-hybridized carbons (Fsp3) is 0.484. The van der Waals surface area contributed by atoms with Crippen LogP contribution in [-0.2, 0) is 15.0 Å². The van der Waals surface area contributed by atoms with Gasteiger partial charge in [0.1, 0.15) is 11.3 Å². The number of hydrogen-bond acceptors (Lipinski definition) is 5. The van der Waals surface area contributed by atoms with Gasteiger partial charge in [-0.05, 0) is 43.4 Å². The predicted octanol–water partition coefficient (Wildman–Crippen LogP) is 6.39. The van der Waals surface area contributed by atoms with E-state index in [0.29, 0.717) is 22.4 Å². The summed E-state index contributed by atoms with van der Waals surface area (Å²) >= 11 is 5.88. The summed E-state index contributed by atoms with van der Waals surface area (Å²) < 4.78 is 20.4. The van der Waals surface area contributed by atoms with Crippen LogP contribution in [-0.4, -0.2) is 62.8 Å². The Morgan fingerprint density at radius 2 is 1.83 bits per heavy atom. The zero-order valence-corrected chi connectivity index (χ0v) is 25.3. The Balaban J connectivity index is 1.63. The third-order valence-electron chi connectivity index (χ3n) is 7.73. The van der Waals surface area contributed by atoms with Gasteiger partial charge in [0.2, 0.25) is 5.91 Å². The third kappa shape index (κ3) is 6.25. The number of piperazine rings is 1. The Bertz CT molecular complexity index is 1510. The van der Waals surface area contributed by atoms with Crippen LogP contribution in [0.2, 0.25) is 5.02 Å². The molecule has 10 heteroatoms. The lowest BCUT2D eigenvalue weighted by Gasteiger charge is -2.47. The molecule has 0 bridgehead atoms. The zero-order chi connectivity index (χ0) is 30.4. The predicted molar refractivity (Wildman–Crippen MR) is 155 cm³/mol. The first-order valence-corrected chi connectivity index (χ1v) is 14.1. The van der Waals surface area contributed by atoms with E-state index in [4.69, 9.17) is 21.0 Å². The summed E-state index contributed by atoms with van der Waals surface area (Å²) in [6.45, 7) is 14.2. The molecule has 1 saturated heterocycles. The summed E-state index contributed by atoms with van der Waals surface area (Å²) in [4.78, 5) is 46.4. The molecule has 1 N–H and O–H groups in total. The molecule has 3 aromatic rings. The number of halogens is 2. The van der Waals surface area contributed by atoms with Gasteiger partial charge in [-0.15, -0.1) is 0 Å².